The summed E-state index contributed by atoms with van der Waals surface area (Å²) in [4.78, 5) is 26.5. The van der Waals surface area contributed by atoms with E-state index in [0.29, 0.717) is 23.7 Å². The molecule has 12 heteroatoms. The zero-order valence-corrected chi connectivity index (χ0v) is 25.6. The van der Waals surface area contributed by atoms with Gasteiger partial charge in [-0.05, 0) is 43.0 Å². The van der Waals surface area contributed by atoms with Crippen molar-refractivity contribution >= 4 is 61.3 Å². The molecule has 0 saturated heterocycles. The molecule has 2 N–H and O–H groups in total. The average Bonchev–Trinajstić information content (AvgIpc) is 3.30. The van der Waals surface area contributed by atoms with Crippen molar-refractivity contribution < 1.29 is 19.4 Å². The zero-order valence-electron chi connectivity index (χ0n) is 23.1. The van der Waals surface area contributed by atoms with Gasteiger partial charge in [0.25, 0.3) is 0 Å². The molecular formula is C31H25N5O4S3. The van der Waals surface area contributed by atoms with Crippen molar-refractivity contribution in [3.63, 3.8) is 0 Å². The van der Waals surface area contributed by atoms with Gasteiger partial charge in [-0.15, -0.1) is 32.9 Å². The number of anilines is 1. The van der Waals surface area contributed by atoms with Gasteiger partial charge in [-0.2, -0.15) is 5.10 Å². The van der Waals surface area contributed by atoms with Crippen molar-refractivity contribution in [1.29, 1.82) is 0 Å². The Bertz CT molecular complexity index is 1940. The van der Waals surface area contributed by atoms with Crippen molar-refractivity contribution in [3.05, 3.63) is 83.5 Å². The fourth-order valence-electron chi connectivity index (χ4n) is 4.91. The number of aryl methyl sites for hydroxylation is 1. The number of carbonyl (C=O) groups excluding carboxylic acids is 1. The summed E-state index contributed by atoms with van der Waals surface area (Å²) in [6, 6.07) is 22.0. The third-order valence-electron chi connectivity index (χ3n) is 7.59. The highest BCUT2D eigenvalue weighted by Gasteiger charge is 2.54. The minimum absolute atomic E-state index is 0.389. The molecule has 216 valence electrons. The van der Waals surface area contributed by atoms with Crippen LogP contribution in [0.25, 0.3) is 40.9 Å². The van der Waals surface area contributed by atoms with Gasteiger partial charge in [-0.25, -0.2) is 4.79 Å². The number of nitrogens with zero attached hydrogens (tertiary/aromatic N) is 4. The number of carboxylic acids is 1. The van der Waals surface area contributed by atoms with E-state index >= 15 is 0 Å². The van der Waals surface area contributed by atoms with E-state index in [1.807, 2.05) is 49.4 Å². The molecule has 1 saturated carbocycles. The summed E-state index contributed by atoms with van der Waals surface area (Å²) in [7, 11) is 1.79. The standard InChI is InChI=1S/C31H25N5O4S3/c1-17(18-6-4-3-5-7-18)40-30(39)33-26-21(16-32-36(26)2)23-15-25-24(42-23)14-22(41-25)19-8-10-20(11-9-19)27-34-35-28(43-27)31(12-13-31)29(37)38/h3-11,14-17H,12-13H2,1-2H3,(H,33,39)(H,37,38)/t17-/m1/s1. The number of benzene rings is 2. The van der Waals surface area contributed by atoms with E-state index in [1.54, 1.807) is 40.6 Å². The van der Waals surface area contributed by atoms with E-state index in [-0.39, 0.29) is 6.10 Å². The Hall–Kier alpha value is -4.39. The molecule has 1 fully saturated rings. The van der Waals surface area contributed by atoms with Crippen LogP contribution in [0.5, 0.6) is 0 Å². The summed E-state index contributed by atoms with van der Waals surface area (Å²) in [5.74, 6) is -0.246. The first kappa shape index (κ1) is 27.4. The molecule has 0 unspecified atom stereocenters. The highest BCUT2D eigenvalue weighted by atomic mass is 32.1. The van der Waals surface area contributed by atoms with Gasteiger partial charge in [0.1, 0.15) is 27.4 Å². The maximum atomic E-state index is 12.7. The lowest BCUT2D eigenvalue weighted by Crippen LogP contribution is -2.19. The topological polar surface area (TPSA) is 119 Å². The molecule has 0 aliphatic heterocycles. The van der Waals surface area contributed by atoms with Crippen molar-refractivity contribution in [1.82, 2.24) is 20.0 Å². The number of aromatic nitrogens is 4. The number of hydrogen-bond donors (Lipinski definition) is 2. The number of thiophene rings is 2. The van der Waals surface area contributed by atoms with Crippen LogP contribution in [-0.2, 0) is 22.0 Å². The average molecular weight is 628 g/mol. The van der Waals surface area contributed by atoms with Crippen LogP contribution in [0.2, 0.25) is 0 Å². The normalized spacial score (nSPS) is 14.5. The molecule has 7 rings (SSSR count). The number of hydrogen-bond acceptors (Lipinski definition) is 9. The number of nitrogens with one attached hydrogen (secondary N) is 1. The minimum atomic E-state index is -0.839. The molecule has 1 aliphatic rings. The molecule has 1 amide bonds. The van der Waals surface area contributed by atoms with Crippen LogP contribution < -0.4 is 5.32 Å². The monoisotopic (exact) mass is 627 g/mol. The number of fused-ring (bicyclic) bond motifs is 1. The Kier molecular flexibility index (Phi) is 6.83. The first-order valence-corrected chi connectivity index (χ1v) is 16.0. The molecule has 6 aromatic rings. The van der Waals surface area contributed by atoms with E-state index in [2.05, 4.69) is 44.9 Å². The van der Waals surface area contributed by atoms with Gasteiger partial charge in [-0.1, -0.05) is 65.9 Å². The predicted octanol–water partition coefficient (Wildman–Crippen LogP) is 7.97. The highest BCUT2D eigenvalue weighted by Crippen LogP contribution is 2.50. The van der Waals surface area contributed by atoms with Crippen LogP contribution in [0, 0.1) is 0 Å². The molecule has 43 heavy (non-hydrogen) atoms. The molecule has 0 bridgehead atoms. The Morgan fingerprint density at radius 1 is 0.953 bits per heavy atom. The minimum Gasteiger partial charge on any atom is -0.481 e. The third kappa shape index (κ3) is 5.11. The van der Waals surface area contributed by atoms with Gasteiger partial charge in [0.2, 0.25) is 0 Å². The summed E-state index contributed by atoms with van der Waals surface area (Å²) in [5, 5.41) is 26.6. The van der Waals surface area contributed by atoms with Gasteiger partial charge >= 0.3 is 12.1 Å². The lowest BCUT2D eigenvalue weighted by atomic mass is 10.1. The van der Waals surface area contributed by atoms with E-state index in [0.717, 1.165) is 46.4 Å². The fraction of sp³-hybridized carbons (Fsp3) is 0.194. The maximum absolute atomic E-state index is 12.7. The van der Waals surface area contributed by atoms with Gasteiger partial charge in [0.15, 0.2) is 0 Å². The van der Waals surface area contributed by atoms with Gasteiger partial charge < -0.3 is 9.84 Å². The first-order valence-electron chi connectivity index (χ1n) is 13.6. The maximum Gasteiger partial charge on any atom is 0.413 e. The van der Waals surface area contributed by atoms with Crippen LogP contribution in [0.1, 0.15) is 36.4 Å². The summed E-state index contributed by atoms with van der Waals surface area (Å²) >= 11 is 4.70. The third-order valence-corrected chi connectivity index (χ3v) is 11.1. The van der Waals surface area contributed by atoms with Crippen molar-refractivity contribution in [2.45, 2.75) is 31.3 Å². The van der Waals surface area contributed by atoms with Crippen molar-refractivity contribution in [3.8, 4) is 31.5 Å². The summed E-state index contributed by atoms with van der Waals surface area (Å²) in [6.07, 6.45) is 2.06. The number of ether oxygens (including phenoxy) is 1. The second-order valence-corrected chi connectivity index (χ2v) is 13.6. The zero-order chi connectivity index (χ0) is 29.7. The fourth-order valence-corrected chi connectivity index (χ4v) is 8.41. The second kappa shape index (κ2) is 10.7. The van der Waals surface area contributed by atoms with Crippen LogP contribution in [0.15, 0.2) is 72.9 Å². The first-order chi connectivity index (χ1) is 20.8. The SMILES string of the molecule is C[C@@H](OC(=O)Nc1c(-c2cc3sc(-c4ccc(-c5nnc(C6(C(=O)O)CC6)s5)cc4)cc3s2)cnn1C)c1ccccc1. The predicted molar refractivity (Wildman–Crippen MR) is 170 cm³/mol. The highest BCUT2D eigenvalue weighted by molar-refractivity contribution is 7.31. The summed E-state index contributed by atoms with van der Waals surface area (Å²) in [6.45, 7) is 1.84. The molecule has 9 nitrogen and oxygen atoms in total. The molecule has 1 aliphatic carbocycles. The molecule has 0 spiro atoms. The largest absolute Gasteiger partial charge is 0.481 e. The Labute approximate surface area is 258 Å². The Morgan fingerprint density at radius 3 is 2.33 bits per heavy atom. The number of carboxylic acid groups (broad SMARTS) is 1. The van der Waals surface area contributed by atoms with E-state index in [4.69, 9.17) is 4.74 Å². The van der Waals surface area contributed by atoms with Gasteiger partial charge in [-0.3, -0.25) is 14.8 Å². The molecule has 2 aromatic carbocycles. The van der Waals surface area contributed by atoms with Crippen molar-refractivity contribution in [2.24, 2.45) is 7.05 Å². The number of carbonyl (C=O) groups is 2. The second-order valence-electron chi connectivity index (χ2n) is 10.4. The number of aliphatic carboxylic acids is 1. The lowest BCUT2D eigenvalue weighted by Gasteiger charge is -2.14. The quantitative estimate of drug-likeness (QED) is 0.176. The Morgan fingerprint density at radius 2 is 1.63 bits per heavy atom. The smallest absolute Gasteiger partial charge is 0.413 e. The molecule has 1 atom stereocenters. The Balaban J connectivity index is 1.07. The molecule has 4 aromatic heterocycles. The molecule has 0 radical (unpaired) electrons. The van der Waals surface area contributed by atoms with E-state index in [9.17, 15) is 14.7 Å². The lowest BCUT2D eigenvalue weighted by molar-refractivity contribution is -0.140. The van der Waals surface area contributed by atoms with Gasteiger partial charge in [0, 0.05) is 31.8 Å². The molecular weight excluding hydrogens is 603 g/mol. The van der Waals surface area contributed by atoms with E-state index < -0.39 is 17.5 Å². The number of rotatable bonds is 8. The van der Waals surface area contributed by atoms with Crippen LogP contribution in [0.3, 0.4) is 0 Å². The van der Waals surface area contributed by atoms with Crippen molar-refractivity contribution in [2.75, 3.05) is 5.32 Å². The molecule has 4 heterocycles. The number of amides is 1. The summed E-state index contributed by atoms with van der Waals surface area (Å²) in [5.41, 5.74) is 2.92. The van der Waals surface area contributed by atoms with Crippen LogP contribution in [-0.4, -0.2) is 37.1 Å². The van der Waals surface area contributed by atoms with Crippen LogP contribution in [0.4, 0.5) is 10.6 Å². The summed E-state index contributed by atoms with van der Waals surface area (Å²) < 4.78 is 9.54. The van der Waals surface area contributed by atoms with Crippen LogP contribution >= 0.6 is 34.0 Å². The van der Waals surface area contributed by atoms with E-state index in [1.165, 1.54) is 11.3 Å². The van der Waals surface area contributed by atoms with Gasteiger partial charge in [0.05, 0.1) is 11.8 Å².